The highest BCUT2D eigenvalue weighted by Gasteiger charge is 2.18. The van der Waals surface area contributed by atoms with E-state index in [0.29, 0.717) is 10.2 Å². The van der Waals surface area contributed by atoms with Crippen LogP contribution < -0.4 is 16.7 Å². The maximum absolute atomic E-state index is 12.8. The molecule has 0 aliphatic rings. The molecule has 146 valence electrons. The van der Waals surface area contributed by atoms with Gasteiger partial charge in [0.2, 0.25) is 11.8 Å². The van der Waals surface area contributed by atoms with Crippen molar-refractivity contribution in [3.63, 3.8) is 0 Å². The number of likely N-dealkylation sites (N-methyl/N-ethyl adjacent to an activating group) is 2. The Morgan fingerprint density at radius 2 is 2.04 bits per heavy atom. The van der Waals surface area contributed by atoms with E-state index in [1.807, 2.05) is 35.7 Å². The van der Waals surface area contributed by atoms with Crippen LogP contribution in [0, 0.1) is 0 Å². The fourth-order valence-electron chi connectivity index (χ4n) is 2.54. The van der Waals surface area contributed by atoms with E-state index in [9.17, 15) is 14.4 Å². The molecule has 0 unspecified atom stereocenters. The Kier molecular flexibility index (Phi) is 6.00. The van der Waals surface area contributed by atoms with Gasteiger partial charge in [0.25, 0.3) is 5.56 Å². The first-order valence-corrected chi connectivity index (χ1v) is 10.2. The summed E-state index contributed by atoms with van der Waals surface area (Å²) in [6.07, 6.45) is 0. The number of nitrogens with zero attached hydrogens (tertiary/aromatic N) is 3. The zero-order chi connectivity index (χ0) is 20.3. The van der Waals surface area contributed by atoms with E-state index in [0.717, 1.165) is 27.6 Å². The summed E-state index contributed by atoms with van der Waals surface area (Å²) in [6.45, 7) is -0.0385. The molecule has 0 saturated heterocycles. The summed E-state index contributed by atoms with van der Waals surface area (Å²) in [5.74, 6) is 5.44. The normalized spacial score (nSPS) is 10.8. The third-order valence-corrected chi connectivity index (χ3v) is 5.91. The lowest BCUT2D eigenvalue weighted by atomic mass is 10.1. The third-order valence-electron chi connectivity index (χ3n) is 4.10. The van der Waals surface area contributed by atoms with Gasteiger partial charge in [0.05, 0.1) is 17.7 Å². The number of nitrogens with one attached hydrogen (secondary N) is 1. The Labute approximate surface area is 169 Å². The summed E-state index contributed by atoms with van der Waals surface area (Å²) in [4.78, 5) is 42.7. The van der Waals surface area contributed by atoms with Crippen LogP contribution in [0.25, 0.3) is 21.3 Å². The van der Waals surface area contributed by atoms with Crippen molar-refractivity contribution in [2.24, 2.45) is 0 Å². The molecule has 3 aromatic rings. The number of hydrogen-bond donors (Lipinski definition) is 2. The Hall–Kier alpha value is -2.85. The van der Waals surface area contributed by atoms with Crippen molar-refractivity contribution in [1.29, 1.82) is 0 Å². The molecule has 2 heterocycles. The predicted molar refractivity (Wildman–Crippen MR) is 112 cm³/mol. The van der Waals surface area contributed by atoms with Crippen LogP contribution >= 0.6 is 23.1 Å². The minimum atomic E-state index is -0.362. The Bertz CT molecular complexity index is 1080. The lowest BCUT2D eigenvalue weighted by Crippen LogP contribution is -2.38. The highest BCUT2D eigenvalue weighted by molar-refractivity contribution is 7.99. The largest absolute Gasteiger partial charge is 0.358 e. The molecule has 10 heteroatoms. The molecule has 3 N–H and O–H groups in total. The van der Waals surface area contributed by atoms with Crippen molar-refractivity contribution in [2.45, 2.75) is 5.16 Å². The van der Waals surface area contributed by atoms with Crippen molar-refractivity contribution in [2.75, 3.05) is 32.2 Å². The number of carbonyl (C=O) groups excluding carboxylic acids is 2. The van der Waals surface area contributed by atoms with Crippen LogP contribution in [0.4, 0.5) is 0 Å². The molecule has 0 saturated carbocycles. The fraction of sp³-hybridized carbons (Fsp3) is 0.222. The van der Waals surface area contributed by atoms with Crippen molar-refractivity contribution in [1.82, 2.24) is 19.9 Å². The molecular formula is C18H19N5O3S2. The summed E-state index contributed by atoms with van der Waals surface area (Å²) in [7, 11) is 3.04. The topological polar surface area (TPSA) is 110 Å². The van der Waals surface area contributed by atoms with Crippen molar-refractivity contribution in [3.8, 4) is 11.1 Å². The molecule has 0 aliphatic heterocycles. The highest BCUT2D eigenvalue weighted by Crippen LogP contribution is 2.31. The van der Waals surface area contributed by atoms with Crippen LogP contribution in [0.5, 0.6) is 0 Å². The van der Waals surface area contributed by atoms with Gasteiger partial charge in [0.15, 0.2) is 5.16 Å². The molecule has 0 spiro atoms. The van der Waals surface area contributed by atoms with Crippen LogP contribution in [0.15, 0.2) is 45.7 Å². The maximum atomic E-state index is 12.8. The number of carbonyl (C=O) groups is 2. The van der Waals surface area contributed by atoms with Gasteiger partial charge < -0.3 is 16.1 Å². The number of fused-ring (bicyclic) bond motifs is 1. The average molecular weight is 418 g/mol. The second kappa shape index (κ2) is 8.44. The van der Waals surface area contributed by atoms with Crippen LogP contribution in [-0.2, 0) is 9.59 Å². The minimum Gasteiger partial charge on any atom is -0.358 e. The van der Waals surface area contributed by atoms with Gasteiger partial charge in [-0.3, -0.25) is 14.4 Å². The molecule has 1 aromatic carbocycles. The van der Waals surface area contributed by atoms with E-state index in [-0.39, 0.29) is 34.8 Å². The summed E-state index contributed by atoms with van der Waals surface area (Å²) in [6, 6.07) is 9.55. The number of thioether (sulfide) groups is 1. The summed E-state index contributed by atoms with van der Waals surface area (Å²) >= 11 is 2.42. The Morgan fingerprint density at radius 1 is 1.32 bits per heavy atom. The lowest BCUT2D eigenvalue weighted by molar-refractivity contribution is -0.132. The van der Waals surface area contributed by atoms with Crippen LogP contribution in [0.2, 0.25) is 0 Å². The number of hydrogen-bond acceptors (Lipinski definition) is 7. The van der Waals surface area contributed by atoms with Crippen molar-refractivity contribution >= 4 is 45.1 Å². The van der Waals surface area contributed by atoms with Gasteiger partial charge in [0, 0.05) is 25.0 Å². The summed E-state index contributed by atoms with van der Waals surface area (Å²) in [5, 5.41) is 5.06. The standard InChI is InChI=1S/C18H19N5O3S2/c1-20-13(24)8-22(2)14(25)10-28-18-21-16-15(17(26)23(18)19)12(9-27-16)11-6-4-3-5-7-11/h3-7,9H,8,10,19H2,1-2H3,(H,20,24). The molecule has 0 bridgehead atoms. The smallest absolute Gasteiger partial charge is 0.282 e. The molecule has 8 nitrogen and oxygen atoms in total. The zero-order valence-corrected chi connectivity index (χ0v) is 17.0. The number of aromatic nitrogens is 2. The zero-order valence-electron chi connectivity index (χ0n) is 15.3. The molecular weight excluding hydrogens is 398 g/mol. The predicted octanol–water partition coefficient (Wildman–Crippen LogP) is 1.14. The number of nitrogens with two attached hydrogens (primary N) is 1. The Morgan fingerprint density at radius 3 is 2.71 bits per heavy atom. The van der Waals surface area contributed by atoms with Crippen molar-refractivity contribution < 1.29 is 9.59 Å². The van der Waals surface area contributed by atoms with Crippen molar-refractivity contribution in [3.05, 3.63) is 46.1 Å². The monoisotopic (exact) mass is 417 g/mol. The number of amides is 2. The minimum absolute atomic E-state index is 0.0135. The molecule has 0 aliphatic carbocycles. The van der Waals surface area contributed by atoms with E-state index >= 15 is 0 Å². The molecule has 2 amide bonds. The lowest BCUT2D eigenvalue weighted by Gasteiger charge is -2.16. The second-order valence-corrected chi connectivity index (χ2v) is 7.78. The molecule has 28 heavy (non-hydrogen) atoms. The van der Waals surface area contributed by atoms with Crippen LogP contribution in [-0.4, -0.2) is 52.8 Å². The maximum Gasteiger partial charge on any atom is 0.282 e. The van der Waals surface area contributed by atoms with Gasteiger partial charge in [-0.25, -0.2) is 9.66 Å². The Balaban J connectivity index is 1.84. The van der Waals surface area contributed by atoms with E-state index in [4.69, 9.17) is 5.84 Å². The molecule has 3 rings (SSSR count). The van der Waals surface area contributed by atoms with Gasteiger partial charge in [0.1, 0.15) is 4.83 Å². The molecule has 0 fully saturated rings. The number of nitrogen functional groups attached to an aromatic ring is 1. The van der Waals surface area contributed by atoms with E-state index in [1.165, 1.54) is 30.3 Å². The van der Waals surface area contributed by atoms with Gasteiger partial charge in [-0.2, -0.15) is 0 Å². The first-order chi connectivity index (χ1) is 13.4. The first-order valence-electron chi connectivity index (χ1n) is 8.34. The summed E-state index contributed by atoms with van der Waals surface area (Å²) in [5.41, 5.74) is 1.34. The van der Waals surface area contributed by atoms with Gasteiger partial charge in [-0.05, 0) is 5.56 Å². The number of thiophene rings is 1. The fourth-order valence-corrected chi connectivity index (χ4v) is 4.38. The highest BCUT2D eigenvalue weighted by atomic mass is 32.2. The van der Waals surface area contributed by atoms with E-state index in [1.54, 1.807) is 0 Å². The third kappa shape index (κ3) is 4.02. The average Bonchev–Trinajstić information content (AvgIpc) is 3.13. The molecule has 0 radical (unpaired) electrons. The molecule has 2 aromatic heterocycles. The molecule has 0 atom stereocenters. The second-order valence-electron chi connectivity index (χ2n) is 5.98. The van der Waals surface area contributed by atoms with Gasteiger partial charge in [-0.1, -0.05) is 42.1 Å². The van der Waals surface area contributed by atoms with E-state index in [2.05, 4.69) is 10.3 Å². The van der Waals surface area contributed by atoms with Gasteiger partial charge in [-0.15, -0.1) is 11.3 Å². The quantitative estimate of drug-likeness (QED) is 0.353. The van der Waals surface area contributed by atoms with Crippen LogP contribution in [0.1, 0.15) is 0 Å². The van der Waals surface area contributed by atoms with Gasteiger partial charge >= 0.3 is 0 Å². The summed E-state index contributed by atoms with van der Waals surface area (Å²) < 4.78 is 0.970. The number of benzene rings is 1. The number of rotatable bonds is 6. The first kappa shape index (κ1) is 19.9. The van der Waals surface area contributed by atoms with Crippen LogP contribution in [0.3, 0.4) is 0 Å². The van der Waals surface area contributed by atoms with E-state index < -0.39 is 0 Å². The SMILES string of the molecule is CNC(=O)CN(C)C(=O)CSc1nc2scc(-c3ccccc3)c2c(=O)n1N.